The Kier molecular flexibility index (Phi) is 5.46. The summed E-state index contributed by atoms with van der Waals surface area (Å²) in [5.41, 5.74) is 4.25. The van der Waals surface area contributed by atoms with Crippen molar-refractivity contribution >= 4 is 0 Å². The molecule has 0 aromatic carbocycles. The first-order valence-corrected chi connectivity index (χ1v) is 6.44. The molecule has 0 radical (unpaired) electrons. The first kappa shape index (κ1) is 13.7. The summed E-state index contributed by atoms with van der Waals surface area (Å²) in [5.74, 6) is 5.75. The summed E-state index contributed by atoms with van der Waals surface area (Å²) < 4.78 is 5.76. The Hall–Kier alpha value is -0.380. The number of hydrogen-bond donors (Lipinski definition) is 2. The van der Waals surface area contributed by atoms with Crippen molar-refractivity contribution in [3.05, 3.63) is 11.6 Å². The van der Waals surface area contributed by atoms with E-state index in [4.69, 9.17) is 10.6 Å². The van der Waals surface area contributed by atoms with Crippen molar-refractivity contribution in [1.29, 1.82) is 0 Å². The maximum Gasteiger partial charge on any atom is 0.0876 e. The van der Waals surface area contributed by atoms with Crippen LogP contribution in [0.5, 0.6) is 0 Å². The summed E-state index contributed by atoms with van der Waals surface area (Å²) in [7, 11) is 1.79. The third-order valence-electron chi connectivity index (χ3n) is 3.99. The molecular weight excluding hydrogens is 200 g/mol. The molecule has 1 atom stereocenters. The van der Waals surface area contributed by atoms with Crippen LogP contribution in [0.3, 0.4) is 0 Å². The summed E-state index contributed by atoms with van der Waals surface area (Å²) in [4.78, 5) is 0. The first-order chi connectivity index (χ1) is 7.74. The van der Waals surface area contributed by atoms with Crippen molar-refractivity contribution in [1.82, 2.24) is 5.43 Å². The molecule has 0 amide bonds. The monoisotopic (exact) mass is 226 g/mol. The van der Waals surface area contributed by atoms with Crippen molar-refractivity contribution in [2.24, 2.45) is 5.84 Å². The molecule has 3 heteroatoms. The van der Waals surface area contributed by atoms with E-state index in [2.05, 4.69) is 25.3 Å². The van der Waals surface area contributed by atoms with E-state index < -0.39 is 0 Å². The number of nitrogens with two attached hydrogens (primary N) is 1. The second-order valence-electron chi connectivity index (χ2n) is 4.60. The van der Waals surface area contributed by atoms with Gasteiger partial charge in [-0.2, -0.15) is 0 Å². The molecule has 1 aliphatic rings. The van der Waals surface area contributed by atoms with E-state index in [0.717, 1.165) is 19.3 Å². The van der Waals surface area contributed by atoms with Crippen LogP contribution in [0.25, 0.3) is 0 Å². The highest BCUT2D eigenvalue weighted by Crippen LogP contribution is 2.32. The predicted octanol–water partition coefficient (Wildman–Crippen LogP) is 2.52. The normalized spacial score (nSPS) is 19.4. The molecule has 1 unspecified atom stereocenters. The molecule has 0 aromatic rings. The molecule has 0 saturated carbocycles. The van der Waals surface area contributed by atoms with Crippen LogP contribution in [0, 0.1) is 0 Å². The smallest absolute Gasteiger partial charge is 0.0876 e. The fraction of sp³-hybridized carbons (Fsp3) is 0.846. The zero-order valence-electron chi connectivity index (χ0n) is 10.9. The fourth-order valence-electron chi connectivity index (χ4n) is 2.79. The van der Waals surface area contributed by atoms with Gasteiger partial charge in [0.1, 0.15) is 0 Å². The van der Waals surface area contributed by atoms with Gasteiger partial charge in [0.2, 0.25) is 0 Å². The second kappa shape index (κ2) is 6.38. The lowest BCUT2D eigenvalue weighted by molar-refractivity contribution is -0.0389. The van der Waals surface area contributed by atoms with E-state index in [-0.39, 0.29) is 11.6 Å². The molecule has 0 heterocycles. The summed E-state index contributed by atoms with van der Waals surface area (Å²) in [5, 5.41) is 0. The number of hydrogen-bond acceptors (Lipinski definition) is 3. The van der Waals surface area contributed by atoms with Crippen LogP contribution in [0.2, 0.25) is 0 Å². The number of hydrazine groups is 1. The molecule has 16 heavy (non-hydrogen) atoms. The van der Waals surface area contributed by atoms with Gasteiger partial charge in [-0.05, 0) is 38.5 Å². The van der Waals surface area contributed by atoms with E-state index in [1.807, 2.05) is 0 Å². The zero-order valence-corrected chi connectivity index (χ0v) is 10.9. The Balaban J connectivity index is 2.89. The topological polar surface area (TPSA) is 47.3 Å². The maximum absolute atomic E-state index is 5.76. The van der Waals surface area contributed by atoms with Crippen molar-refractivity contribution < 1.29 is 4.74 Å². The number of nitrogens with one attached hydrogen (secondary N) is 1. The summed E-state index contributed by atoms with van der Waals surface area (Å²) in [6.07, 6.45) is 9.21. The SMILES string of the molecule is CCC(CC)(OC)C(NN)C1=CCCCC1. The van der Waals surface area contributed by atoms with E-state index in [9.17, 15) is 0 Å². The van der Waals surface area contributed by atoms with Crippen LogP contribution < -0.4 is 11.3 Å². The minimum absolute atomic E-state index is 0.155. The van der Waals surface area contributed by atoms with Crippen molar-refractivity contribution in [3.63, 3.8) is 0 Å². The Bertz CT molecular complexity index is 226. The summed E-state index contributed by atoms with van der Waals surface area (Å²) >= 11 is 0. The van der Waals surface area contributed by atoms with Gasteiger partial charge >= 0.3 is 0 Å². The highest BCUT2D eigenvalue weighted by molar-refractivity contribution is 5.18. The van der Waals surface area contributed by atoms with Crippen LogP contribution in [-0.4, -0.2) is 18.8 Å². The van der Waals surface area contributed by atoms with Gasteiger partial charge in [-0.3, -0.25) is 11.3 Å². The fourth-order valence-corrected chi connectivity index (χ4v) is 2.79. The average molecular weight is 226 g/mol. The molecule has 0 spiro atoms. The van der Waals surface area contributed by atoms with Gasteiger partial charge in [0.15, 0.2) is 0 Å². The molecule has 1 aliphatic carbocycles. The van der Waals surface area contributed by atoms with Crippen molar-refractivity contribution in [2.75, 3.05) is 7.11 Å². The van der Waals surface area contributed by atoms with Gasteiger partial charge < -0.3 is 4.74 Å². The number of rotatable bonds is 6. The van der Waals surface area contributed by atoms with E-state index in [1.54, 1.807) is 7.11 Å². The maximum atomic E-state index is 5.76. The number of methoxy groups -OCH3 is 1. The van der Waals surface area contributed by atoms with E-state index in [0.29, 0.717) is 0 Å². The Morgan fingerprint density at radius 3 is 2.50 bits per heavy atom. The van der Waals surface area contributed by atoms with Crippen molar-refractivity contribution in [2.45, 2.75) is 64.0 Å². The number of ether oxygens (including phenoxy) is 1. The molecule has 0 aromatic heterocycles. The lowest BCUT2D eigenvalue weighted by Crippen LogP contribution is -2.55. The van der Waals surface area contributed by atoms with Gasteiger partial charge in [-0.15, -0.1) is 0 Å². The molecule has 0 bridgehead atoms. The Labute approximate surface area is 99.4 Å². The van der Waals surface area contributed by atoms with Crippen LogP contribution in [0.15, 0.2) is 11.6 Å². The second-order valence-corrected chi connectivity index (χ2v) is 4.60. The van der Waals surface area contributed by atoms with Crippen LogP contribution >= 0.6 is 0 Å². The predicted molar refractivity (Wildman–Crippen MR) is 68.0 cm³/mol. The largest absolute Gasteiger partial charge is 0.376 e. The van der Waals surface area contributed by atoms with E-state index in [1.165, 1.54) is 24.8 Å². The van der Waals surface area contributed by atoms with Gasteiger partial charge in [0.25, 0.3) is 0 Å². The molecule has 94 valence electrons. The van der Waals surface area contributed by atoms with Crippen molar-refractivity contribution in [3.8, 4) is 0 Å². The first-order valence-electron chi connectivity index (χ1n) is 6.44. The van der Waals surface area contributed by atoms with Gasteiger partial charge in [-0.1, -0.05) is 25.5 Å². The molecule has 0 saturated heterocycles. The lowest BCUT2D eigenvalue weighted by Gasteiger charge is -2.40. The van der Waals surface area contributed by atoms with Crippen LogP contribution in [0.1, 0.15) is 52.4 Å². The quantitative estimate of drug-likeness (QED) is 0.415. The highest BCUT2D eigenvalue weighted by atomic mass is 16.5. The third-order valence-corrected chi connectivity index (χ3v) is 3.99. The Morgan fingerprint density at radius 1 is 1.44 bits per heavy atom. The Morgan fingerprint density at radius 2 is 2.12 bits per heavy atom. The van der Waals surface area contributed by atoms with E-state index >= 15 is 0 Å². The van der Waals surface area contributed by atoms with Gasteiger partial charge in [0.05, 0.1) is 11.6 Å². The highest BCUT2D eigenvalue weighted by Gasteiger charge is 2.37. The molecular formula is C13H26N2O. The molecule has 0 aliphatic heterocycles. The molecule has 0 fully saturated rings. The minimum Gasteiger partial charge on any atom is -0.376 e. The standard InChI is InChI=1S/C13H26N2O/c1-4-13(5-2,16-3)12(15-14)11-9-7-6-8-10-11/h9,12,15H,4-8,10,14H2,1-3H3. The number of allylic oxidation sites excluding steroid dienone is 1. The molecule has 3 N–H and O–H groups in total. The van der Waals surface area contributed by atoms with Gasteiger partial charge in [-0.25, -0.2) is 0 Å². The van der Waals surface area contributed by atoms with Crippen LogP contribution in [0.4, 0.5) is 0 Å². The summed E-state index contributed by atoms with van der Waals surface area (Å²) in [6, 6.07) is 0.160. The molecule has 1 rings (SSSR count). The molecule has 3 nitrogen and oxygen atoms in total. The third kappa shape index (κ3) is 2.65. The summed E-state index contributed by atoms with van der Waals surface area (Å²) in [6.45, 7) is 4.33. The minimum atomic E-state index is -0.155. The van der Waals surface area contributed by atoms with Crippen LogP contribution in [-0.2, 0) is 4.74 Å². The lowest BCUT2D eigenvalue weighted by atomic mass is 9.80. The zero-order chi connectivity index (χ0) is 12.0. The average Bonchev–Trinajstić information content (AvgIpc) is 2.37. The van der Waals surface area contributed by atoms with Gasteiger partial charge in [0, 0.05) is 7.11 Å².